The maximum atomic E-state index is 10.3. The molecule has 0 aromatic carbocycles. The standard InChI is InChI=1S/C16H30O2/c1-3-15(2)13-11-9-7-5-4-6-8-10-12-14-16(17)18/h4,6,15H,3,5,7-14H2,1-2H3,(H,17,18)/b6-4-/t15-/m0/s1. The van der Waals surface area contributed by atoms with Gasteiger partial charge in [-0.15, -0.1) is 0 Å². The number of unbranched alkanes of at least 4 members (excludes halogenated alkanes) is 5. The van der Waals surface area contributed by atoms with Crippen LogP contribution in [0.25, 0.3) is 0 Å². The van der Waals surface area contributed by atoms with E-state index in [1.165, 1.54) is 38.5 Å². The first-order chi connectivity index (χ1) is 8.66. The van der Waals surface area contributed by atoms with Crippen molar-refractivity contribution in [3.8, 4) is 0 Å². The van der Waals surface area contributed by atoms with Crippen molar-refractivity contribution < 1.29 is 9.90 Å². The van der Waals surface area contributed by atoms with Crippen molar-refractivity contribution in [2.45, 2.75) is 78.1 Å². The van der Waals surface area contributed by atoms with Crippen LogP contribution in [0, 0.1) is 5.92 Å². The molecule has 0 radical (unpaired) electrons. The minimum absolute atomic E-state index is 0.309. The molecule has 0 amide bonds. The van der Waals surface area contributed by atoms with Crippen LogP contribution >= 0.6 is 0 Å². The lowest BCUT2D eigenvalue weighted by molar-refractivity contribution is -0.137. The van der Waals surface area contributed by atoms with E-state index in [-0.39, 0.29) is 0 Å². The van der Waals surface area contributed by atoms with Crippen molar-refractivity contribution in [3.05, 3.63) is 12.2 Å². The Balaban J connectivity index is 3.16. The number of aliphatic carboxylic acids is 1. The zero-order valence-electron chi connectivity index (χ0n) is 12.2. The van der Waals surface area contributed by atoms with Gasteiger partial charge >= 0.3 is 5.97 Å². The Kier molecular flexibility index (Phi) is 12.1. The Hall–Kier alpha value is -0.790. The molecule has 1 N–H and O–H groups in total. The molecule has 0 aromatic rings. The zero-order chi connectivity index (χ0) is 13.6. The number of carboxylic acids is 1. The summed E-state index contributed by atoms with van der Waals surface area (Å²) in [5.41, 5.74) is 0. The van der Waals surface area contributed by atoms with Crippen LogP contribution in [0.3, 0.4) is 0 Å². The molecule has 2 heteroatoms. The van der Waals surface area contributed by atoms with E-state index in [1.54, 1.807) is 0 Å². The summed E-state index contributed by atoms with van der Waals surface area (Å²) in [6, 6.07) is 0. The number of rotatable bonds is 12. The minimum Gasteiger partial charge on any atom is -0.481 e. The van der Waals surface area contributed by atoms with Crippen LogP contribution in [-0.2, 0) is 4.79 Å². The highest BCUT2D eigenvalue weighted by Gasteiger charge is 1.97. The Labute approximate surface area is 112 Å². The second kappa shape index (κ2) is 12.7. The summed E-state index contributed by atoms with van der Waals surface area (Å²) < 4.78 is 0. The summed E-state index contributed by atoms with van der Waals surface area (Å²) in [5.74, 6) is 0.204. The summed E-state index contributed by atoms with van der Waals surface area (Å²) in [6.45, 7) is 4.59. The van der Waals surface area contributed by atoms with Gasteiger partial charge in [0, 0.05) is 6.42 Å². The number of hydrogen-bond acceptors (Lipinski definition) is 1. The van der Waals surface area contributed by atoms with Crippen molar-refractivity contribution in [1.29, 1.82) is 0 Å². The van der Waals surface area contributed by atoms with Gasteiger partial charge in [-0.2, -0.15) is 0 Å². The predicted octanol–water partition coefficient (Wildman–Crippen LogP) is 5.18. The topological polar surface area (TPSA) is 37.3 Å². The first-order valence-corrected chi connectivity index (χ1v) is 7.53. The smallest absolute Gasteiger partial charge is 0.303 e. The number of carboxylic acid groups (broad SMARTS) is 1. The van der Waals surface area contributed by atoms with Crippen LogP contribution < -0.4 is 0 Å². The highest BCUT2D eigenvalue weighted by atomic mass is 16.4. The Morgan fingerprint density at radius 3 is 2.22 bits per heavy atom. The van der Waals surface area contributed by atoms with E-state index in [0.29, 0.717) is 6.42 Å². The third-order valence-corrected chi connectivity index (χ3v) is 3.44. The first-order valence-electron chi connectivity index (χ1n) is 7.53. The normalized spacial score (nSPS) is 13.0. The van der Waals surface area contributed by atoms with Crippen molar-refractivity contribution >= 4 is 5.97 Å². The van der Waals surface area contributed by atoms with E-state index >= 15 is 0 Å². The van der Waals surface area contributed by atoms with E-state index in [4.69, 9.17) is 5.11 Å². The highest BCUT2D eigenvalue weighted by Crippen LogP contribution is 2.13. The van der Waals surface area contributed by atoms with Crippen molar-refractivity contribution in [2.75, 3.05) is 0 Å². The summed E-state index contributed by atoms with van der Waals surface area (Å²) in [6.07, 6.45) is 15.4. The number of carbonyl (C=O) groups is 1. The Morgan fingerprint density at radius 1 is 1.06 bits per heavy atom. The lowest BCUT2D eigenvalue weighted by Gasteiger charge is -2.06. The molecule has 0 bridgehead atoms. The van der Waals surface area contributed by atoms with E-state index in [0.717, 1.165) is 25.2 Å². The first kappa shape index (κ1) is 17.2. The van der Waals surface area contributed by atoms with Gasteiger partial charge in [0.25, 0.3) is 0 Å². The minimum atomic E-state index is -0.680. The molecule has 0 saturated carbocycles. The van der Waals surface area contributed by atoms with Gasteiger partial charge in [-0.3, -0.25) is 4.79 Å². The zero-order valence-corrected chi connectivity index (χ0v) is 12.2. The van der Waals surface area contributed by atoms with Crippen molar-refractivity contribution in [2.24, 2.45) is 5.92 Å². The monoisotopic (exact) mass is 254 g/mol. The highest BCUT2D eigenvalue weighted by molar-refractivity contribution is 5.66. The van der Waals surface area contributed by atoms with Crippen molar-refractivity contribution in [1.82, 2.24) is 0 Å². The van der Waals surface area contributed by atoms with E-state index in [1.807, 2.05) is 0 Å². The predicted molar refractivity (Wildman–Crippen MR) is 77.8 cm³/mol. The molecule has 18 heavy (non-hydrogen) atoms. The Morgan fingerprint density at radius 2 is 1.67 bits per heavy atom. The molecule has 0 aliphatic carbocycles. The molecule has 0 heterocycles. The molecule has 0 unspecified atom stereocenters. The van der Waals surface area contributed by atoms with E-state index < -0.39 is 5.97 Å². The molecule has 0 rings (SSSR count). The quantitative estimate of drug-likeness (QED) is 0.384. The van der Waals surface area contributed by atoms with Crippen molar-refractivity contribution in [3.63, 3.8) is 0 Å². The SMILES string of the molecule is CC[C@H](C)CCCCC/C=C\CCCCC(=O)O. The third kappa shape index (κ3) is 13.3. The fourth-order valence-corrected chi connectivity index (χ4v) is 1.91. The maximum Gasteiger partial charge on any atom is 0.303 e. The molecular weight excluding hydrogens is 224 g/mol. The molecule has 106 valence electrons. The van der Waals surface area contributed by atoms with Gasteiger partial charge < -0.3 is 5.11 Å². The van der Waals surface area contributed by atoms with Gasteiger partial charge in [0.15, 0.2) is 0 Å². The molecule has 0 saturated heterocycles. The molecular formula is C16H30O2. The second-order valence-corrected chi connectivity index (χ2v) is 5.26. The third-order valence-electron chi connectivity index (χ3n) is 3.44. The van der Waals surface area contributed by atoms with Gasteiger partial charge in [-0.25, -0.2) is 0 Å². The van der Waals surface area contributed by atoms with E-state index in [2.05, 4.69) is 26.0 Å². The van der Waals surface area contributed by atoms with Crippen LogP contribution in [-0.4, -0.2) is 11.1 Å². The fraction of sp³-hybridized carbons (Fsp3) is 0.812. The molecule has 0 fully saturated rings. The summed E-state index contributed by atoms with van der Waals surface area (Å²) >= 11 is 0. The Bertz CT molecular complexity index is 221. The average Bonchev–Trinajstić information content (AvgIpc) is 2.35. The average molecular weight is 254 g/mol. The number of hydrogen-bond donors (Lipinski definition) is 1. The molecule has 1 atom stereocenters. The van der Waals surface area contributed by atoms with Gasteiger partial charge in [0.2, 0.25) is 0 Å². The van der Waals surface area contributed by atoms with Crippen LogP contribution in [0.5, 0.6) is 0 Å². The molecule has 0 aliphatic heterocycles. The summed E-state index contributed by atoms with van der Waals surface area (Å²) in [5, 5.41) is 8.48. The number of allylic oxidation sites excluding steroid dienone is 2. The molecule has 0 aromatic heterocycles. The van der Waals surface area contributed by atoms with Gasteiger partial charge in [0.05, 0.1) is 0 Å². The van der Waals surface area contributed by atoms with Gasteiger partial charge in [-0.05, 0) is 38.0 Å². The molecule has 2 nitrogen and oxygen atoms in total. The summed E-state index contributed by atoms with van der Waals surface area (Å²) in [7, 11) is 0. The van der Waals surface area contributed by atoms with Gasteiger partial charge in [-0.1, -0.05) is 51.7 Å². The maximum absolute atomic E-state index is 10.3. The summed E-state index contributed by atoms with van der Waals surface area (Å²) in [4.78, 5) is 10.3. The lowest BCUT2D eigenvalue weighted by atomic mass is 10.0. The van der Waals surface area contributed by atoms with Crippen LogP contribution in [0.1, 0.15) is 78.1 Å². The van der Waals surface area contributed by atoms with Crippen LogP contribution in [0.2, 0.25) is 0 Å². The fourth-order valence-electron chi connectivity index (χ4n) is 1.91. The van der Waals surface area contributed by atoms with E-state index in [9.17, 15) is 4.79 Å². The van der Waals surface area contributed by atoms with Gasteiger partial charge in [0.1, 0.15) is 0 Å². The molecule has 0 aliphatic rings. The lowest BCUT2D eigenvalue weighted by Crippen LogP contribution is -1.92. The second-order valence-electron chi connectivity index (χ2n) is 5.26. The van der Waals surface area contributed by atoms with Crippen LogP contribution in [0.4, 0.5) is 0 Å². The van der Waals surface area contributed by atoms with Crippen LogP contribution in [0.15, 0.2) is 12.2 Å². The largest absolute Gasteiger partial charge is 0.481 e. The molecule has 0 spiro atoms.